The lowest BCUT2D eigenvalue weighted by Crippen LogP contribution is -2.21. The number of carbonyl (C=O) groups is 1. The van der Waals surface area contributed by atoms with Crippen LogP contribution in [0.3, 0.4) is 0 Å². The van der Waals surface area contributed by atoms with Gasteiger partial charge in [0.05, 0.1) is 7.11 Å². The zero-order chi connectivity index (χ0) is 15.4. The number of rotatable bonds is 4. The van der Waals surface area contributed by atoms with Crippen LogP contribution in [0.25, 0.3) is 0 Å². The van der Waals surface area contributed by atoms with E-state index < -0.39 is 0 Å². The molecular formula is C16H18N2O2S. The third kappa shape index (κ3) is 3.70. The van der Waals surface area contributed by atoms with Gasteiger partial charge >= 0.3 is 0 Å². The Hall–Kier alpha value is -2.14. The third-order valence-corrected chi connectivity index (χ3v) is 4.01. The minimum Gasteiger partial charge on any atom is -0.497 e. The fourth-order valence-corrected chi connectivity index (χ4v) is 2.71. The maximum atomic E-state index is 11.9. The highest BCUT2D eigenvalue weighted by molar-refractivity contribution is 7.99. The molecule has 0 bridgehead atoms. The van der Waals surface area contributed by atoms with Crippen LogP contribution >= 0.6 is 11.8 Å². The van der Waals surface area contributed by atoms with E-state index in [0.717, 1.165) is 15.5 Å². The molecule has 1 amide bonds. The van der Waals surface area contributed by atoms with Crippen molar-refractivity contribution < 1.29 is 9.53 Å². The van der Waals surface area contributed by atoms with Crippen LogP contribution in [0.5, 0.6) is 5.75 Å². The van der Waals surface area contributed by atoms with Crippen molar-refractivity contribution in [1.82, 2.24) is 4.90 Å². The van der Waals surface area contributed by atoms with Crippen molar-refractivity contribution in [2.45, 2.75) is 9.79 Å². The fraction of sp³-hybridized carbons (Fsp3) is 0.188. The average molecular weight is 302 g/mol. The molecule has 0 heterocycles. The van der Waals surface area contributed by atoms with Crippen LogP contribution in [0.1, 0.15) is 10.4 Å². The molecule has 0 saturated heterocycles. The second kappa shape index (κ2) is 6.54. The number of hydrogen-bond acceptors (Lipinski definition) is 4. The molecule has 0 radical (unpaired) electrons. The summed E-state index contributed by atoms with van der Waals surface area (Å²) in [4.78, 5) is 15.4. The van der Waals surface area contributed by atoms with E-state index in [1.807, 2.05) is 30.3 Å². The average Bonchev–Trinajstić information content (AvgIpc) is 2.48. The summed E-state index contributed by atoms with van der Waals surface area (Å²) in [6.45, 7) is 0. The van der Waals surface area contributed by atoms with E-state index in [2.05, 4.69) is 0 Å². The van der Waals surface area contributed by atoms with Gasteiger partial charge in [-0.3, -0.25) is 4.79 Å². The van der Waals surface area contributed by atoms with Crippen LogP contribution in [0.4, 0.5) is 5.69 Å². The molecule has 0 aliphatic carbocycles. The van der Waals surface area contributed by atoms with E-state index in [4.69, 9.17) is 10.5 Å². The largest absolute Gasteiger partial charge is 0.497 e. The summed E-state index contributed by atoms with van der Waals surface area (Å²) in [5.41, 5.74) is 7.24. The molecule has 0 atom stereocenters. The molecular weight excluding hydrogens is 284 g/mol. The van der Waals surface area contributed by atoms with Crippen LogP contribution in [0.2, 0.25) is 0 Å². The maximum Gasteiger partial charge on any atom is 0.253 e. The van der Waals surface area contributed by atoms with Gasteiger partial charge in [-0.1, -0.05) is 17.8 Å². The van der Waals surface area contributed by atoms with E-state index >= 15 is 0 Å². The molecule has 5 heteroatoms. The zero-order valence-electron chi connectivity index (χ0n) is 12.3. The number of methoxy groups -OCH3 is 1. The summed E-state index contributed by atoms with van der Waals surface area (Å²) in [7, 11) is 5.08. The molecule has 2 aromatic carbocycles. The van der Waals surface area contributed by atoms with Crippen molar-refractivity contribution in [1.29, 1.82) is 0 Å². The van der Waals surface area contributed by atoms with Crippen LogP contribution in [0.15, 0.2) is 52.3 Å². The Balaban J connectivity index is 2.23. The van der Waals surface area contributed by atoms with Gasteiger partial charge in [-0.05, 0) is 36.4 Å². The summed E-state index contributed by atoms with van der Waals surface area (Å²) in [5.74, 6) is 0.748. The number of nitrogen functional groups attached to an aromatic ring is 1. The van der Waals surface area contributed by atoms with Crippen LogP contribution in [-0.4, -0.2) is 32.0 Å². The van der Waals surface area contributed by atoms with Crippen LogP contribution < -0.4 is 10.5 Å². The summed E-state index contributed by atoms with van der Waals surface area (Å²) in [6.07, 6.45) is 0. The van der Waals surface area contributed by atoms with Crippen LogP contribution in [0, 0.1) is 0 Å². The van der Waals surface area contributed by atoms with E-state index in [0.29, 0.717) is 11.3 Å². The first-order chi connectivity index (χ1) is 10.0. The first kappa shape index (κ1) is 15.3. The molecule has 2 N–H and O–H groups in total. The molecule has 2 rings (SSSR count). The lowest BCUT2D eigenvalue weighted by atomic mass is 10.2. The molecule has 110 valence electrons. The van der Waals surface area contributed by atoms with Crippen molar-refractivity contribution in [3.05, 3.63) is 48.0 Å². The minimum atomic E-state index is -0.0559. The Labute approximate surface area is 128 Å². The smallest absolute Gasteiger partial charge is 0.253 e. The highest BCUT2D eigenvalue weighted by Gasteiger charge is 2.10. The predicted octanol–water partition coefficient (Wildman–Crippen LogP) is 3.13. The number of amides is 1. The van der Waals surface area contributed by atoms with Crippen molar-refractivity contribution in [2.75, 3.05) is 26.9 Å². The minimum absolute atomic E-state index is 0.0559. The van der Waals surface area contributed by atoms with Gasteiger partial charge < -0.3 is 15.4 Å². The molecule has 2 aromatic rings. The van der Waals surface area contributed by atoms with E-state index in [1.165, 1.54) is 4.90 Å². The Morgan fingerprint density at radius 3 is 2.57 bits per heavy atom. The first-order valence-corrected chi connectivity index (χ1v) is 7.26. The molecule has 4 nitrogen and oxygen atoms in total. The van der Waals surface area contributed by atoms with Gasteiger partial charge in [0.1, 0.15) is 5.75 Å². The number of hydrogen-bond donors (Lipinski definition) is 1. The molecule has 0 spiro atoms. The standard InChI is InChI=1S/C16H18N2O2S/c1-18(2)16(19)11-7-8-15(14(17)9-11)21-13-6-4-5-12(10-13)20-3/h4-10H,17H2,1-3H3. The number of carbonyl (C=O) groups excluding carboxylic acids is 1. The van der Waals surface area contributed by atoms with Gasteiger partial charge in [-0.15, -0.1) is 0 Å². The Morgan fingerprint density at radius 1 is 1.19 bits per heavy atom. The third-order valence-electron chi connectivity index (χ3n) is 2.93. The van der Waals surface area contributed by atoms with Crippen molar-refractivity contribution in [3.8, 4) is 5.75 Å². The van der Waals surface area contributed by atoms with E-state index in [-0.39, 0.29) is 5.91 Å². The van der Waals surface area contributed by atoms with Crippen molar-refractivity contribution >= 4 is 23.4 Å². The Morgan fingerprint density at radius 2 is 1.95 bits per heavy atom. The SMILES string of the molecule is COc1cccc(Sc2ccc(C(=O)N(C)C)cc2N)c1. The second-order valence-electron chi connectivity index (χ2n) is 4.73. The summed E-state index contributed by atoms with van der Waals surface area (Å²) in [5, 5.41) is 0. The lowest BCUT2D eigenvalue weighted by molar-refractivity contribution is 0.0827. The van der Waals surface area contributed by atoms with Crippen molar-refractivity contribution in [3.63, 3.8) is 0 Å². The Kier molecular flexibility index (Phi) is 4.75. The molecule has 21 heavy (non-hydrogen) atoms. The number of nitrogens with zero attached hydrogens (tertiary/aromatic N) is 1. The van der Waals surface area contributed by atoms with E-state index in [9.17, 15) is 4.79 Å². The molecule has 0 aliphatic rings. The van der Waals surface area contributed by atoms with Gasteiger partial charge in [-0.25, -0.2) is 0 Å². The molecule has 0 aromatic heterocycles. The zero-order valence-corrected chi connectivity index (χ0v) is 13.1. The predicted molar refractivity (Wildman–Crippen MR) is 86.0 cm³/mol. The molecule has 0 aliphatic heterocycles. The van der Waals surface area contributed by atoms with Gasteiger partial charge in [0.2, 0.25) is 0 Å². The number of ether oxygens (including phenoxy) is 1. The topological polar surface area (TPSA) is 55.6 Å². The number of anilines is 1. The molecule has 0 saturated carbocycles. The van der Waals surface area contributed by atoms with Gasteiger partial charge in [0.15, 0.2) is 0 Å². The summed E-state index contributed by atoms with van der Waals surface area (Å²) in [6, 6.07) is 13.1. The van der Waals surface area contributed by atoms with Gasteiger partial charge in [-0.2, -0.15) is 0 Å². The number of nitrogens with two attached hydrogens (primary N) is 1. The molecule has 0 unspecified atom stereocenters. The van der Waals surface area contributed by atoms with Crippen LogP contribution in [-0.2, 0) is 0 Å². The lowest BCUT2D eigenvalue weighted by Gasteiger charge is -2.12. The first-order valence-electron chi connectivity index (χ1n) is 6.44. The molecule has 0 fully saturated rings. The van der Waals surface area contributed by atoms with Gasteiger partial charge in [0.25, 0.3) is 5.91 Å². The summed E-state index contributed by atoms with van der Waals surface area (Å²) >= 11 is 1.54. The number of benzene rings is 2. The van der Waals surface area contributed by atoms with E-state index in [1.54, 1.807) is 45.1 Å². The monoisotopic (exact) mass is 302 g/mol. The fourth-order valence-electron chi connectivity index (χ4n) is 1.82. The maximum absolute atomic E-state index is 11.9. The highest BCUT2D eigenvalue weighted by Crippen LogP contribution is 2.34. The second-order valence-corrected chi connectivity index (χ2v) is 5.85. The Bertz CT molecular complexity index is 656. The van der Waals surface area contributed by atoms with Gasteiger partial charge in [0, 0.05) is 35.1 Å². The highest BCUT2D eigenvalue weighted by atomic mass is 32.2. The van der Waals surface area contributed by atoms with Crippen molar-refractivity contribution in [2.24, 2.45) is 0 Å². The summed E-state index contributed by atoms with van der Waals surface area (Å²) < 4.78 is 5.20. The quantitative estimate of drug-likeness (QED) is 0.882. The normalized spacial score (nSPS) is 10.2.